The average molecular weight is 543 g/mol. The van der Waals surface area contributed by atoms with Gasteiger partial charge in [0.1, 0.15) is 11.4 Å². The normalized spacial score (nSPS) is 22.7. The van der Waals surface area contributed by atoms with Gasteiger partial charge in [-0.3, -0.25) is 14.7 Å². The number of rotatable bonds is 6. The van der Waals surface area contributed by atoms with Gasteiger partial charge < -0.3 is 20.3 Å². The minimum atomic E-state index is -0.228. The Balaban J connectivity index is 0.00000341. The topological polar surface area (TPSA) is 69.2 Å². The van der Waals surface area contributed by atoms with Gasteiger partial charge in [0.15, 0.2) is 5.96 Å². The summed E-state index contributed by atoms with van der Waals surface area (Å²) in [4.78, 5) is 20.8. The Bertz CT molecular complexity index is 768. The van der Waals surface area contributed by atoms with Crippen LogP contribution in [0.3, 0.4) is 0 Å². The maximum Gasteiger partial charge on any atom is 0.239 e. The van der Waals surface area contributed by atoms with Gasteiger partial charge in [0, 0.05) is 46.2 Å². The third-order valence-electron chi connectivity index (χ3n) is 5.91. The van der Waals surface area contributed by atoms with E-state index in [1.165, 1.54) is 5.56 Å². The fourth-order valence-corrected chi connectivity index (χ4v) is 4.45. The maximum absolute atomic E-state index is 12.3. The fourth-order valence-electron chi connectivity index (χ4n) is 4.45. The number of guanidine groups is 1. The van der Waals surface area contributed by atoms with Crippen molar-refractivity contribution in [3.05, 3.63) is 29.8 Å². The van der Waals surface area contributed by atoms with E-state index < -0.39 is 0 Å². The zero-order chi connectivity index (χ0) is 21.7. The van der Waals surface area contributed by atoms with Crippen LogP contribution in [-0.2, 0) is 4.79 Å². The molecule has 2 atom stereocenters. The Kier molecular flexibility index (Phi) is 9.42. The van der Waals surface area contributed by atoms with Crippen molar-refractivity contribution in [1.82, 2.24) is 20.4 Å². The number of amides is 1. The summed E-state index contributed by atoms with van der Waals surface area (Å²) < 4.78 is 6.13. The molecule has 1 aromatic rings. The number of hydrogen-bond acceptors (Lipinski definition) is 4. The Morgan fingerprint density at radius 1 is 1.32 bits per heavy atom. The van der Waals surface area contributed by atoms with Gasteiger partial charge in [-0.05, 0) is 45.7 Å². The summed E-state index contributed by atoms with van der Waals surface area (Å²) in [5.74, 6) is 1.96. The van der Waals surface area contributed by atoms with Gasteiger partial charge in [-0.1, -0.05) is 18.2 Å². The molecule has 31 heavy (non-hydrogen) atoms. The van der Waals surface area contributed by atoms with Crippen molar-refractivity contribution in [3.63, 3.8) is 0 Å². The van der Waals surface area contributed by atoms with Gasteiger partial charge >= 0.3 is 0 Å². The average Bonchev–Trinajstić information content (AvgIpc) is 3.17. The Morgan fingerprint density at radius 3 is 2.77 bits per heavy atom. The highest BCUT2D eigenvalue weighted by atomic mass is 127. The number of nitrogens with one attached hydrogen (secondary N) is 2. The van der Waals surface area contributed by atoms with Crippen LogP contribution in [0.4, 0.5) is 0 Å². The Hall–Kier alpha value is -1.55. The predicted octanol–water partition coefficient (Wildman–Crippen LogP) is 3.01. The molecule has 3 rings (SSSR count). The summed E-state index contributed by atoms with van der Waals surface area (Å²) in [5.41, 5.74) is 0.941. The molecule has 0 aliphatic carbocycles. The maximum atomic E-state index is 12.3. The van der Waals surface area contributed by atoms with Gasteiger partial charge in [0.2, 0.25) is 5.91 Å². The fraction of sp³-hybridized carbons (Fsp3) is 0.652. The molecule has 0 radical (unpaired) electrons. The van der Waals surface area contributed by atoms with E-state index in [1.54, 1.807) is 11.9 Å². The molecule has 1 saturated heterocycles. The second kappa shape index (κ2) is 11.4. The summed E-state index contributed by atoms with van der Waals surface area (Å²) in [6.45, 7) is 6.98. The van der Waals surface area contributed by atoms with Gasteiger partial charge in [-0.25, -0.2) is 0 Å². The third-order valence-corrected chi connectivity index (χ3v) is 5.91. The lowest BCUT2D eigenvalue weighted by Crippen LogP contribution is -2.46. The first-order chi connectivity index (χ1) is 14.3. The smallest absolute Gasteiger partial charge is 0.239 e. The van der Waals surface area contributed by atoms with Crippen LogP contribution in [0.5, 0.6) is 5.75 Å². The van der Waals surface area contributed by atoms with Crippen molar-refractivity contribution < 1.29 is 9.53 Å². The number of nitrogens with zero attached hydrogens (tertiary/aromatic N) is 3. The highest BCUT2D eigenvalue weighted by Crippen LogP contribution is 2.39. The van der Waals surface area contributed by atoms with Gasteiger partial charge in [0.25, 0.3) is 0 Å². The molecule has 1 fully saturated rings. The Labute approximate surface area is 204 Å². The number of ether oxygens (including phenoxy) is 1. The molecule has 2 aliphatic rings. The first-order valence-corrected chi connectivity index (χ1v) is 11.0. The van der Waals surface area contributed by atoms with Crippen LogP contribution in [0.2, 0.25) is 0 Å². The third kappa shape index (κ3) is 6.71. The van der Waals surface area contributed by atoms with Crippen molar-refractivity contribution in [3.8, 4) is 5.75 Å². The number of benzene rings is 1. The largest absolute Gasteiger partial charge is 0.487 e. The summed E-state index contributed by atoms with van der Waals surface area (Å²) in [6.07, 6.45) is 3.90. The molecule has 0 bridgehead atoms. The molecule has 2 heterocycles. The monoisotopic (exact) mass is 543 g/mol. The van der Waals surface area contributed by atoms with Crippen LogP contribution in [0, 0.1) is 0 Å². The summed E-state index contributed by atoms with van der Waals surface area (Å²) in [6, 6.07) is 8.40. The second-order valence-corrected chi connectivity index (χ2v) is 9.08. The molecule has 2 aliphatic heterocycles. The van der Waals surface area contributed by atoms with Crippen molar-refractivity contribution in [2.24, 2.45) is 4.99 Å². The molecule has 2 unspecified atom stereocenters. The number of likely N-dealkylation sites (N-methyl/N-ethyl adjacent to an activating group) is 1. The van der Waals surface area contributed by atoms with Crippen molar-refractivity contribution in [2.45, 2.75) is 57.2 Å². The molecular formula is C23H38IN5O2. The molecular weight excluding hydrogens is 505 g/mol. The standard InChI is InChI=1S/C23H37N5O2.HI/c1-23(2)16-18(17-10-6-7-12-20(17)30-23)26-22(24-3)25-13-9-15-28-14-8-11-19(28)21(29)27(4)5;/h6-7,10,12,18-19H,8-9,11,13-16H2,1-5H3,(H2,24,25,26);1H. The molecule has 1 aromatic carbocycles. The minimum Gasteiger partial charge on any atom is -0.487 e. The van der Waals surface area contributed by atoms with Crippen LogP contribution in [0.15, 0.2) is 29.3 Å². The molecule has 1 amide bonds. The van der Waals surface area contributed by atoms with Crippen molar-refractivity contribution >= 4 is 35.8 Å². The molecule has 8 heteroatoms. The van der Waals surface area contributed by atoms with E-state index in [1.807, 2.05) is 32.3 Å². The number of likely N-dealkylation sites (tertiary alicyclic amines) is 1. The lowest BCUT2D eigenvalue weighted by Gasteiger charge is -2.38. The highest BCUT2D eigenvalue weighted by Gasteiger charge is 2.34. The number of aliphatic imine (C=N–C) groups is 1. The van der Waals surface area contributed by atoms with Crippen LogP contribution < -0.4 is 15.4 Å². The van der Waals surface area contributed by atoms with E-state index in [0.717, 1.165) is 57.0 Å². The summed E-state index contributed by atoms with van der Waals surface area (Å²) >= 11 is 0. The number of fused-ring (bicyclic) bond motifs is 1. The number of hydrogen-bond donors (Lipinski definition) is 2. The quantitative estimate of drug-likeness (QED) is 0.250. The summed E-state index contributed by atoms with van der Waals surface area (Å²) in [7, 11) is 5.48. The zero-order valence-corrected chi connectivity index (χ0v) is 21.8. The lowest BCUT2D eigenvalue weighted by atomic mass is 9.90. The van der Waals surface area contributed by atoms with E-state index >= 15 is 0 Å². The van der Waals surface area contributed by atoms with Crippen molar-refractivity contribution in [1.29, 1.82) is 0 Å². The van der Waals surface area contributed by atoms with Gasteiger partial charge in [-0.2, -0.15) is 0 Å². The molecule has 0 spiro atoms. The van der Waals surface area contributed by atoms with Crippen LogP contribution in [-0.4, -0.2) is 74.1 Å². The van der Waals surface area contributed by atoms with Crippen LogP contribution in [0.25, 0.3) is 0 Å². The summed E-state index contributed by atoms with van der Waals surface area (Å²) in [5, 5.41) is 7.01. The van der Waals surface area contributed by atoms with E-state index in [0.29, 0.717) is 0 Å². The molecule has 0 saturated carbocycles. The first-order valence-electron chi connectivity index (χ1n) is 11.0. The van der Waals surface area contributed by atoms with E-state index in [-0.39, 0.29) is 47.6 Å². The number of halogens is 1. The van der Waals surface area contributed by atoms with Crippen LogP contribution in [0.1, 0.15) is 51.1 Å². The SMILES string of the molecule is CN=C(NCCCN1CCCC1C(=O)N(C)C)NC1CC(C)(C)Oc2ccccc21.I. The zero-order valence-electron chi connectivity index (χ0n) is 19.5. The van der Waals surface area contributed by atoms with E-state index in [4.69, 9.17) is 4.74 Å². The molecule has 0 aromatic heterocycles. The number of para-hydroxylation sites is 1. The van der Waals surface area contributed by atoms with Gasteiger partial charge in [0.05, 0.1) is 12.1 Å². The minimum absolute atomic E-state index is 0. The molecule has 7 nitrogen and oxygen atoms in total. The van der Waals surface area contributed by atoms with Crippen molar-refractivity contribution in [2.75, 3.05) is 40.8 Å². The van der Waals surface area contributed by atoms with Gasteiger partial charge in [-0.15, -0.1) is 24.0 Å². The Morgan fingerprint density at radius 2 is 2.06 bits per heavy atom. The first kappa shape index (κ1) is 25.7. The van der Waals surface area contributed by atoms with E-state index in [2.05, 4.69) is 40.4 Å². The molecule has 174 valence electrons. The second-order valence-electron chi connectivity index (χ2n) is 9.08. The lowest BCUT2D eigenvalue weighted by molar-refractivity contribution is -0.133. The predicted molar refractivity (Wildman–Crippen MR) is 136 cm³/mol. The highest BCUT2D eigenvalue weighted by molar-refractivity contribution is 14.0. The molecule has 2 N–H and O–H groups in total. The van der Waals surface area contributed by atoms with Crippen LogP contribution >= 0.6 is 24.0 Å². The van der Waals surface area contributed by atoms with E-state index in [9.17, 15) is 4.79 Å². The number of carbonyl (C=O) groups excluding carboxylic acids is 1. The number of carbonyl (C=O) groups is 1.